The second-order valence-electron chi connectivity index (χ2n) is 6.89. The maximum absolute atomic E-state index is 12.4. The SMILES string of the molecule is Cc1nc(-c2cc(C)sc2NC(=O)C(C)(C)C)n(-c2ccccn2)n1. The van der Waals surface area contributed by atoms with Crippen molar-refractivity contribution in [3.63, 3.8) is 0 Å². The number of carbonyl (C=O) groups is 1. The number of pyridine rings is 1. The van der Waals surface area contributed by atoms with Gasteiger partial charge in [-0.05, 0) is 32.0 Å². The van der Waals surface area contributed by atoms with E-state index in [2.05, 4.69) is 20.4 Å². The van der Waals surface area contributed by atoms with Gasteiger partial charge in [-0.15, -0.1) is 16.4 Å². The Morgan fingerprint density at radius 1 is 1.24 bits per heavy atom. The minimum Gasteiger partial charge on any atom is -0.317 e. The van der Waals surface area contributed by atoms with Gasteiger partial charge in [0.25, 0.3) is 0 Å². The first-order valence-corrected chi connectivity index (χ1v) is 8.84. The van der Waals surface area contributed by atoms with E-state index in [4.69, 9.17) is 0 Å². The number of hydrogen-bond acceptors (Lipinski definition) is 5. The molecule has 0 fully saturated rings. The summed E-state index contributed by atoms with van der Waals surface area (Å²) < 4.78 is 1.71. The Balaban J connectivity index is 2.08. The van der Waals surface area contributed by atoms with Crippen LogP contribution in [0.25, 0.3) is 17.2 Å². The standard InChI is InChI=1S/C18H21N5OS/c1-11-10-13(16(25-11)21-17(24)18(3,4)5)15-20-12(2)22-23(15)14-8-6-7-9-19-14/h6-10H,1-5H3,(H,21,24). The Labute approximate surface area is 150 Å². The van der Waals surface area contributed by atoms with E-state index < -0.39 is 5.41 Å². The summed E-state index contributed by atoms with van der Waals surface area (Å²) in [6.45, 7) is 9.53. The Bertz CT molecular complexity index is 905. The van der Waals surface area contributed by atoms with Crippen LogP contribution in [0.5, 0.6) is 0 Å². The Hall–Kier alpha value is -2.54. The van der Waals surface area contributed by atoms with E-state index in [1.54, 1.807) is 10.9 Å². The van der Waals surface area contributed by atoms with Crippen LogP contribution in [0.3, 0.4) is 0 Å². The minimum atomic E-state index is -0.472. The van der Waals surface area contributed by atoms with Crippen molar-refractivity contribution in [1.29, 1.82) is 0 Å². The number of aryl methyl sites for hydroxylation is 2. The zero-order valence-corrected chi connectivity index (χ0v) is 15.8. The number of nitrogens with one attached hydrogen (secondary N) is 1. The number of thiophene rings is 1. The molecule has 6 nitrogen and oxygen atoms in total. The van der Waals surface area contributed by atoms with E-state index in [1.165, 1.54) is 11.3 Å². The molecule has 3 aromatic rings. The van der Waals surface area contributed by atoms with Gasteiger partial charge >= 0.3 is 0 Å². The highest BCUT2D eigenvalue weighted by Crippen LogP contribution is 2.36. The van der Waals surface area contributed by atoms with Gasteiger partial charge in [-0.1, -0.05) is 26.8 Å². The maximum atomic E-state index is 12.4. The summed E-state index contributed by atoms with van der Waals surface area (Å²) >= 11 is 1.53. The quantitative estimate of drug-likeness (QED) is 0.771. The van der Waals surface area contributed by atoms with Crippen molar-refractivity contribution in [3.05, 3.63) is 41.2 Å². The number of amides is 1. The highest BCUT2D eigenvalue weighted by atomic mass is 32.1. The molecule has 0 aromatic carbocycles. The predicted molar refractivity (Wildman–Crippen MR) is 100 cm³/mol. The van der Waals surface area contributed by atoms with E-state index in [0.29, 0.717) is 17.5 Å². The first-order valence-electron chi connectivity index (χ1n) is 8.03. The first-order chi connectivity index (χ1) is 11.8. The fourth-order valence-corrected chi connectivity index (χ4v) is 3.19. The summed E-state index contributed by atoms with van der Waals surface area (Å²) in [4.78, 5) is 22.4. The van der Waals surface area contributed by atoms with Crippen LogP contribution in [0.15, 0.2) is 30.5 Å². The molecule has 1 N–H and O–H groups in total. The topological polar surface area (TPSA) is 72.7 Å². The molecule has 0 radical (unpaired) electrons. The Kier molecular flexibility index (Phi) is 4.43. The van der Waals surface area contributed by atoms with Crippen molar-refractivity contribution >= 4 is 22.2 Å². The Morgan fingerprint density at radius 2 is 2.00 bits per heavy atom. The number of nitrogens with zero attached hydrogens (tertiary/aromatic N) is 4. The summed E-state index contributed by atoms with van der Waals surface area (Å²) in [5.41, 5.74) is 0.381. The molecule has 0 saturated heterocycles. The highest BCUT2D eigenvalue weighted by Gasteiger charge is 2.25. The molecule has 0 bridgehead atoms. The average Bonchev–Trinajstić information content (AvgIpc) is 3.10. The van der Waals surface area contributed by atoms with Crippen molar-refractivity contribution in [1.82, 2.24) is 19.7 Å². The number of carbonyl (C=O) groups excluding carboxylic acids is 1. The third-order valence-corrected chi connectivity index (χ3v) is 4.55. The molecular weight excluding hydrogens is 334 g/mol. The van der Waals surface area contributed by atoms with Crippen LogP contribution < -0.4 is 5.32 Å². The molecule has 0 saturated carbocycles. The second-order valence-corrected chi connectivity index (χ2v) is 8.14. The van der Waals surface area contributed by atoms with Crippen LogP contribution in [-0.4, -0.2) is 25.7 Å². The number of rotatable bonds is 3. The number of aromatic nitrogens is 4. The van der Waals surface area contributed by atoms with Crippen LogP contribution >= 0.6 is 11.3 Å². The van der Waals surface area contributed by atoms with Crippen molar-refractivity contribution in [2.24, 2.45) is 5.41 Å². The minimum absolute atomic E-state index is 0.0313. The number of anilines is 1. The first kappa shape index (κ1) is 17.3. The molecule has 3 rings (SSSR count). The molecule has 1 amide bonds. The van der Waals surface area contributed by atoms with E-state index in [1.807, 2.05) is 58.9 Å². The molecule has 3 aromatic heterocycles. The predicted octanol–water partition coefficient (Wildman–Crippen LogP) is 3.99. The lowest BCUT2D eigenvalue weighted by atomic mass is 9.96. The van der Waals surface area contributed by atoms with Crippen molar-refractivity contribution in [2.45, 2.75) is 34.6 Å². The van der Waals surface area contributed by atoms with Gasteiger partial charge in [0.15, 0.2) is 11.6 Å². The molecule has 130 valence electrons. The fourth-order valence-electron chi connectivity index (χ4n) is 2.29. The third-order valence-electron chi connectivity index (χ3n) is 3.58. The molecule has 0 unspecified atom stereocenters. The van der Waals surface area contributed by atoms with Crippen molar-refractivity contribution in [2.75, 3.05) is 5.32 Å². The van der Waals surface area contributed by atoms with Crippen molar-refractivity contribution < 1.29 is 4.79 Å². The summed E-state index contributed by atoms with van der Waals surface area (Å²) in [6.07, 6.45) is 1.72. The fraction of sp³-hybridized carbons (Fsp3) is 0.333. The molecule has 7 heteroatoms. The van der Waals surface area contributed by atoms with Crippen LogP contribution in [0.1, 0.15) is 31.5 Å². The number of hydrogen-bond donors (Lipinski definition) is 1. The molecule has 3 heterocycles. The summed E-state index contributed by atoms with van der Waals surface area (Å²) in [5, 5.41) is 8.29. The summed E-state index contributed by atoms with van der Waals surface area (Å²) in [5.74, 6) is 1.98. The van der Waals surface area contributed by atoms with Crippen LogP contribution in [0, 0.1) is 19.3 Å². The molecular formula is C18H21N5OS. The van der Waals surface area contributed by atoms with Gasteiger partial charge in [0.1, 0.15) is 10.8 Å². The zero-order valence-electron chi connectivity index (χ0n) is 15.0. The lowest BCUT2D eigenvalue weighted by Gasteiger charge is -2.17. The average molecular weight is 355 g/mol. The molecule has 0 aliphatic carbocycles. The van der Waals surface area contributed by atoms with Crippen LogP contribution in [0.4, 0.5) is 5.00 Å². The largest absolute Gasteiger partial charge is 0.317 e. The van der Waals surface area contributed by atoms with Gasteiger partial charge < -0.3 is 5.32 Å². The lowest BCUT2D eigenvalue weighted by molar-refractivity contribution is -0.123. The normalized spacial score (nSPS) is 11.6. The van der Waals surface area contributed by atoms with E-state index in [-0.39, 0.29) is 5.91 Å². The van der Waals surface area contributed by atoms with E-state index >= 15 is 0 Å². The van der Waals surface area contributed by atoms with E-state index in [0.717, 1.165) is 15.4 Å². The monoisotopic (exact) mass is 355 g/mol. The van der Waals surface area contributed by atoms with Gasteiger partial charge in [0.05, 0.1) is 5.56 Å². The molecule has 0 atom stereocenters. The second kappa shape index (κ2) is 6.40. The highest BCUT2D eigenvalue weighted by molar-refractivity contribution is 7.16. The van der Waals surface area contributed by atoms with Gasteiger partial charge in [0, 0.05) is 16.5 Å². The smallest absolute Gasteiger partial charge is 0.230 e. The molecule has 0 aliphatic heterocycles. The summed E-state index contributed by atoms with van der Waals surface area (Å²) in [7, 11) is 0. The van der Waals surface area contributed by atoms with Gasteiger partial charge in [-0.25, -0.2) is 9.97 Å². The maximum Gasteiger partial charge on any atom is 0.230 e. The van der Waals surface area contributed by atoms with E-state index in [9.17, 15) is 4.79 Å². The van der Waals surface area contributed by atoms with Crippen LogP contribution in [0.2, 0.25) is 0 Å². The lowest BCUT2D eigenvalue weighted by Crippen LogP contribution is -2.27. The van der Waals surface area contributed by atoms with Gasteiger partial charge in [0.2, 0.25) is 5.91 Å². The zero-order chi connectivity index (χ0) is 18.2. The summed E-state index contributed by atoms with van der Waals surface area (Å²) in [6, 6.07) is 7.66. The van der Waals surface area contributed by atoms with Crippen molar-refractivity contribution in [3.8, 4) is 17.2 Å². The van der Waals surface area contributed by atoms with Gasteiger partial charge in [-0.3, -0.25) is 4.79 Å². The molecule has 25 heavy (non-hydrogen) atoms. The third kappa shape index (κ3) is 3.61. The van der Waals surface area contributed by atoms with Gasteiger partial charge in [-0.2, -0.15) is 4.68 Å². The van der Waals surface area contributed by atoms with Crippen LogP contribution in [-0.2, 0) is 4.79 Å². The molecule has 0 spiro atoms. The Morgan fingerprint density at radius 3 is 2.64 bits per heavy atom. The molecule has 0 aliphatic rings.